The Morgan fingerprint density at radius 1 is 0.283 bits per heavy atom. The molecule has 0 radical (unpaired) electrons. The lowest BCUT2D eigenvalue weighted by Gasteiger charge is -2.16. The predicted octanol–water partition coefficient (Wildman–Crippen LogP) is 14.5. The van der Waals surface area contributed by atoms with Crippen LogP contribution in [-0.2, 0) is 4.74 Å². The van der Waals surface area contributed by atoms with Crippen LogP contribution in [0.15, 0.2) is 182 Å². The van der Waals surface area contributed by atoms with E-state index in [1.54, 1.807) is 0 Å². The number of fused-ring (bicyclic) bond motifs is 8. The molecule has 0 spiro atoms. The van der Waals surface area contributed by atoms with Crippen LogP contribution in [0.3, 0.4) is 0 Å². The van der Waals surface area contributed by atoms with E-state index in [4.69, 9.17) is 4.74 Å². The molecule has 2 atom stereocenters. The molecule has 53 heavy (non-hydrogen) atoms. The predicted molar refractivity (Wildman–Crippen MR) is 225 cm³/mol. The van der Waals surface area contributed by atoms with Gasteiger partial charge in [-0.15, -0.1) is 0 Å². The molecule has 0 bridgehead atoms. The molecule has 1 saturated heterocycles. The second kappa shape index (κ2) is 12.2. The second-order valence-electron chi connectivity index (χ2n) is 14.8. The lowest BCUT2D eigenvalue weighted by atomic mass is 9.95. The molecule has 1 aliphatic rings. The molecule has 1 heterocycles. The molecule has 1 heteroatoms. The van der Waals surface area contributed by atoms with Gasteiger partial charge < -0.3 is 4.74 Å². The van der Waals surface area contributed by atoms with E-state index >= 15 is 0 Å². The summed E-state index contributed by atoms with van der Waals surface area (Å²) >= 11 is 0. The van der Waals surface area contributed by atoms with E-state index in [0.29, 0.717) is 0 Å². The summed E-state index contributed by atoms with van der Waals surface area (Å²) in [6.45, 7) is 0. The molecule has 0 saturated carbocycles. The molecule has 250 valence electrons. The van der Waals surface area contributed by atoms with Crippen LogP contribution < -0.4 is 0 Å². The Kier molecular flexibility index (Phi) is 6.96. The first-order valence-electron chi connectivity index (χ1n) is 18.8. The zero-order valence-corrected chi connectivity index (χ0v) is 29.3. The smallest absolute Gasteiger partial charge is 0.0834 e. The summed E-state index contributed by atoms with van der Waals surface area (Å²) in [6.07, 6.45) is 2.24. The van der Waals surface area contributed by atoms with Crippen LogP contribution in [0.1, 0.15) is 36.2 Å². The normalized spacial score (nSPS) is 16.1. The Morgan fingerprint density at radius 3 is 1.11 bits per heavy atom. The van der Waals surface area contributed by atoms with Crippen LogP contribution in [0.25, 0.3) is 86.9 Å². The van der Waals surface area contributed by atoms with E-state index < -0.39 is 0 Å². The number of rotatable bonds is 4. The van der Waals surface area contributed by atoms with Crippen molar-refractivity contribution in [3.63, 3.8) is 0 Å². The van der Waals surface area contributed by atoms with E-state index in [0.717, 1.165) is 12.8 Å². The number of ether oxygens (including phenoxy) is 1. The van der Waals surface area contributed by atoms with Gasteiger partial charge in [-0.25, -0.2) is 0 Å². The minimum atomic E-state index is 0.0995. The molecule has 10 aromatic carbocycles. The first kappa shape index (κ1) is 30.4. The third kappa shape index (κ3) is 5.27. The molecule has 2 unspecified atom stereocenters. The maximum absolute atomic E-state index is 6.76. The Bertz CT molecular complexity index is 2850. The van der Waals surface area contributed by atoms with Crippen LogP contribution in [0.5, 0.6) is 0 Å². The van der Waals surface area contributed by atoms with Crippen molar-refractivity contribution in [2.45, 2.75) is 25.0 Å². The fourth-order valence-electron chi connectivity index (χ4n) is 8.80. The van der Waals surface area contributed by atoms with Gasteiger partial charge in [0.25, 0.3) is 0 Å². The van der Waals surface area contributed by atoms with E-state index in [1.165, 1.54) is 98.0 Å². The summed E-state index contributed by atoms with van der Waals surface area (Å²) in [7, 11) is 0. The average Bonchev–Trinajstić information content (AvgIpc) is 3.73. The molecule has 11 rings (SSSR count). The largest absolute Gasteiger partial charge is 0.366 e. The standard InChI is InChI=1S/C52H36O/c1-3-7-47-33(5-1)9-17-43-29-41(21-23-49(43)47)35-11-13-39-31-45(19-15-37(39)27-35)51-25-26-52(53-51)46-20-16-38-28-36(12-14-40(38)32-46)42-22-24-50-44(30-42)18-10-34-6-2-4-8-48(34)50/h1-24,27-32,51-52H,25-26H2. The van der Waals surface area contributed by atoms with E-state index in [9.17, 15) is 0 Å². The SMILES string of the molecule is c1ccc2c(c1)ccc1cc(-c3ccc4cc(C5CCC(c6ccc7cc(-c8ccc9c(ccc%10ccccc%109)c8)ccc7c6)O5)ccc4c3)ccc12. The van der Waals surface area contributed by atoms with Crippen molar-refractivity contribution in [3.05, 3.63) is 193 Å². The zero-order chi connectivity index (χ0) is 34.9. The number of benzene rings is 10. The van der Waals surface area contributed by atoms with Gasteiger partial charge in [0.15, 0.2) is 0 Å². The molecule has 10 aromatic rings. The number of hydrogen-bond acceptors (Lipinski definition) is 1. The summed E-state index contributed by atoms with van der Waals surface area (Å²) in [6, 6.07) is 67.3. The summed E-state index contributed by atoms with van der Waals surface area (Å²) in [5, 5.41) is 15.3. The van der Waals surface area contributed by atoms with Gasteiger partial charge >= 0.3 is 0 Å². The maximum atomic E-state index is 6.76. The molecule has 1 nitrogen and oxygen atoms in total. The van der Waals surface area contributed by atoms with Gasteiger partial charge in [0.2, 0.25) is 0 Å². The lowest BCUT2D eigenvalue weighted by molar-refractivity contribution is 0.0442. The topological polar surface area (TPSA) is 9.23 Å². The molecule has 1 fully saturated rings. The second-order valence-corrected chi connectivity index (χ2v) is 14.8. The fraction of sp³-hybridized carbons (Fsp3) is 0.0769. The van der Waals surface area contributed by atoms with Gasteiger partial charge in [0, 0.05) is 0 Å². The molecule has 0 aliphatic carbocycles. The van der Waals surface area contributed by atoms with Crippen molar-refractivity contribution < 1.29 is 4.74 Å². The van der Waals surface area contributed by atoms with Crippen LogP contribution in [0.2, 0.25) is 0 Å². The van der Waals surface area contributed by atoms with E-state index in [2.05, 4.69) is 182 Å². The summed E-state index contributed by atoms with van der Waals surface area (Å²) in [5.74, 6) is 0. The van der Waals surface area contributed by atoms with Gasteiger partial charge in [-0.2, -0.15) is 0 Å². The highest BCUT2D eigenvalue weighted by atomic mass is 16.5. The highest BCUT2D eigenvalue weighted by molar-refractivity contribution is 6.09. The Hall–Kier alpha value is -6.28. The van der Waals surface area contributed by atoms with Crippen LogP contribution >= 0.6 is 0 Å². The highest BCUT2D eigenvalue weighted by Gasteiger charge is 2.28. The Labute approximate surface area is 308 Å². The van der Waals surface area contributed by atoms with E-state index in [-0.39, 0.29) is 12.2 Å². The van der Waals surface area contributed by atoms with Gasteiger partial charge in [0.05, 0.1) is 12.2 Å². The minimum absolute atomic E-state index is 0.0995. The van der Waals surface area contributed by atoms with Gasteiger partial charge in [-0.05, 0) is 147 Å². The summed E-state index contributed by atoms with van der Waals surface area (Å²) < 4.78 is 6.76. The van der Waals surface area contributed by atoms with E-state index in [1.807, 2.05) is 0 Å². The van der Waals surface area contributed by atoms with Gasteiger partial charge in [-0.3, -0.25) is 0 Å². The Morgan fingerprint density at radius 2 is 0.623 bits per heavy atom. The fourth-order valence-corrected chi connectivity index (χ4v) is 8.80. The molecule has 1 aliphatic heterocycles. The summed E-state index contributed by atoms with van der Waals surface area (Å²) in [4.78, 5) is 0. The average molecular weight is 677 g/mol. The maximum Gasteiger partial charge on any atom is 0.0834 e. The molecular formula is C52H36O. The third-order valence-corrected chi connectivity index (χ3v) is 11.6. The molecule has 0 amide bonds. The third-order valence-electron chi connectivity index (χ3n) is 11.6. The monoisotopic (exact) mass is 676 g/mol. The molecule has 0 N–H and O–H groups in total. The van der Waals surface area contributed by atoms with Crippen LogP contribution in [0.4, 0.5) is 0 Å². The molecule has 0 aromatic heterocycles. The van der Waals surface area contributed by atoms with Gasteiger partial charge in [-0.1, -0.05) is 146 Å². The van der Waals surface area contributed by atoms with Crippen molar-refractivity contribution in [3.8, 4) is 22.3 Å². The first-order chi connectivity index (χ1) is 26.2. The number of hydrogen-bond donors (Lipinski definition) is 0. The highest BCUT2D eigenvalue weighted by Crippen LogP contribution is 2.43. The quantitative estimate of drug-likeness (QED) is 0.169. The van der Waals surface area contributed by atoms with Crippen molar-refractivity contribution in [2.24, 2.45) is 0 Å². The van der Waals surface area contributed by atoms with Crippen molar-refractivity contribution in [2.75, 3.05) is 0 Å². The zero-order valence-electron chi connectivity index (χ0n) is 29.3. The summed E-state index contributed by atoms with van der Waals surface area (Å²) in [5.41, 5.74) is 7.50. The van der Waals surface area contributed by atoms with Gasteiger partial charge in [0.1, 0.15) is 0 Å². The van der Waals surface area contributed by atoms with Crippen molar-refractivity contribution >= 4 is 64.6 Å². The van der Waals surface area contributed by atoms with Crippen LogP contribution in [0, 0.1) is 0 Å². The van der Waals surface area contributed by atoms with Crippen molar-refractivity contribution in [1.29, 1.82) is 0 Å². The first-order valence-corrected chi connectivity index (χ1v) is 18.8. The Balaban J connectivity index is 0.819. The molecular weight excluding hydrogens is 641 g/mol. The lowest BCUT2D eigenvalue weighted by Crippen LogP contribution is -2.00. The van der Waals surface area contributed by atoms with Crippen LogP contribution in [-0.4, -0.2) is 0 Å². The minimum Gasteiger partial charge on any atom is -0.366 e. The van der Waals surface area contributed by atoms with Crippen molar-refractivity contribution in [1.82, 2.24) is 0 Å².